The van der Waals surface area contributed by atoms with Crippen LogP contribution in [0.4, 0.5) is 4.79 Å². The minimum atomic E-state index is -1.37. The molecular formula is C10H17N5O4. The summed E-state index contributed by atoms with van der Waals surface area (Å²) in [5, 5.41) is 30.3. The first kappa shape index (κ1) is 14.9. The summed E-state index contributed by atoms with van der Waals surface area (Å²) in [6, 6.07) is -2.52. The summed E-state index contributed by atoms with van der Waals surface area (Å²) in [5.74, 6) is -0.782. The Morgan fingerprint density at radius 3 is 2.42 bits per heavy atom. The molecule has 0 saturated heterocycles. The molecule has 106 valence electrons. The lowest BCUT2D eigenvalue weighted by Crippen LogP contribution is -2.51. The fourth-order valence-electron chi connectivity index (χ4n) is 1.52. The molecule has 3 unspecified atom stereocenters. The standard InChI is InChI=1S/C10H17N5O4/c1-5(8-14-11-4-15(8)3)12-10(19)13-7(6(2)16)9(17)18/h4-7,16H,1-3H3,(H,17,18)(H2,12,13,19). The number of nitrogens with zero attached hydrogens (tertiary/aromatic N) is 3. The number of urea groups is 1. The van der Waals surface area contributed by atoms with E-state index in [1.165, 1.54) is 13.3 Å². The summed E-state index contributed by atoms with van der Waals surface area (Å²) in [5.41, 5.74) is 0. The summed E-state index contributed by atoms with van der Waals surface area (Å²) in [7, 11) is 1.72. The largest absolute Gasteiger partial charge is 0.480 e. The molecular weight excluding hydrogens is 254 g/mol. The van der Waals surface area contributed by atoms with Gasteiger partial charge in [0, 0.05) is 7.05 Å². The molecule has 2 amide bonds. The molecule has 0 spiro atoms. The minimum absolute atomic E-state index is 0.448. The zero-order valence-electron chi connectivity index (χ0n) is 10.9. The van der Waals surface area contributed by atoms with Crippen LogP contribution in [0.25, 0.3) is 0 Å². The first-order chi connectivity index (χ1) is 8.82. The Bertz CT molecular complexity index is 459. The van der Waals surface area contributed by atoms with Gasteiger partial charge in [0.05, 0.1) is 12.1 Å². The van der Waals surface area contributed by atoms with E-state index in [0.717, 1.165) is 0 Å². The molecule has 4 N–H and O–H groups in total. The SMILES string of the molecule is CC(NC(=O)NC(C(=O)O)C(C)O)c1nncn1C. The zero-order chi connectivity index (χ0) is 14.6. The van der Waals surface area contributed by atoms with Gasteiger partial charge in [0.2, 0.25) is 0 Å². The van der Waals surface area contributed by atoms with Gasteiger partial charge < -0.3 is 25.4 Å². The Morgan fingerprint density at radius 2 is 2.00 bits per heavy atom. The molecule has 1 aromatic heterocycles. The van der Waals surface area contributed by atoms with Gasteiger partial charge in [-0.25, -0.2) is 9.59 Å². The summed E-state index contributed by atoms with van der Waals surface area (Å²) in [6.45, 7) is 2.97. The molecule has 0 aliphatic heterocycles. The third-order valence-electron chi connectivity index (χ3n) is 2.52. The van der Waals surface area contributed by atoms with E-state index in [9.17, 15) is 14.7 Å². The van der Waals surface area contributed by atoms with Crippen LogP contribution in [0.2, 0.25) is 0 Å². The number of carboxylic acids is 1. The number of hydrogen-bond donors (Lipinski definition) is 4. The van der Waals surface area contributed by atoms with Gasteiger partial charge >= 0.3 is 12.0 Å². The van der Waals surface area contributed by atoms with Crippen LogP contribution in [0.3, 0.4) is 0 Å². The highest BCUT2D eigenvalue weighted by atomic mass is 16.4. The van der Waals surface area contributed by atoms with Crippen molar-refractivity contribution in [2.24, 2.45) is 7.05 Å². The maximum atomic E-state index is 11.6. The number of amides is 2. The van der Waals surface area contributed by atoms with E-state index in [1.807, 2.05) is 0 Å². The molecule has 0 aromatic carbocycles. The number of rotatable bonds is 5. The average Bonchev–Trinajstić information content (AvgIpc) is 2.71. The second-order valence-electron chi connectivity index (χ2n) is 4.20. The smallest absolute Gasteiger partial charge is 0.328 e. The van der Waals surface area contributed by atoms with Crippen LogP contribution in [0.5, 0.6) is 0 Å². The van der Waals surface area contributed by atoms with Gasteiger partial charge in [-0.2, -0.15) is 0 Å². The summed E-state index contributed by atoms with van der Waals surface area (Å²) < 4.78 is 1.63. The summed E-state index contributed by atoms with van der Waals surface area (Å²) in [4.78, 5) is 22.4. The van der Waals surface area contributed by atoms with Crippen molar-refractivity contribution in [2.75, 3.05) is 0 Å². The van der Waals surface area contributed by atoms with Gasteiger partial charge in [0.15, 0.2) is 11.9 Å². The van der Waals surface area contributed by atoms with E-state index in [1.54, 1.807) is 18.5 Å². The van der Waals surface area contributed by atoms with Crippen LogP contribution >= 0.6 is 0 Å². The van der Waals surface area contributed by atoms with E-state index >= 15 is 0 Å². The van der Waals surface area contributed by atoms with Gasteiger partial charge in [0.1, 0.15) is 6.33 Å². The second kappa shape index (κ2) is 6.14. The number of aromatic nitrogens is 3. The lowest BCUT2D eigenvalue weighted by molar-refractivity contribution is -0.141. The Hall–Kier alpha value is -2.16. The number of carbonyl (C=O) groups excluding carboxylic acids is 1. The van der Waals surface area contributed by atoms with E-state index < -0.39 is 30.2 Å². The number of nitrogens with one attached hydrogen (secondary N) is 2. The van der Waals surface area contributed by atoms with Gasteiger partial charge in [-0.1, -0.05) is 0 Å². The molecule has 0 bridgehead atoms. The van der Waals surface area contributed by atoms with Crippen LogP contribution in [-0.2, 0) is 11.8 Å². The fraction of sp³-hybridized carbons (Fsp3) is 0.600. The highest BCUT2D eigenvalue weighted by molar-refractivity contribution is 5.83. The second-order valence-corrected chi connectivity index (χ2v) is 4.20. The number of carbonyl (C=O) groups is 2. The average molecular weight is 271 g/mol. The number of carboxylic acid groups (broad SMARTS) is 1. The highest BCUT2D eigenvalue weighted by Gasteiger charge is 2.25. The van der Waals surface area contributed by atoms with E-state index in [2.05, 4.69) is 20.8 Å². The van der Waals surface area contributed by atoms with Gasteiger partial charge in [-0.15, -0.1) is 10.2 Å². The first-order valence-corrected chi connectivity index (χ1v) is 5.64. The van der Waals surface area contributed by atoms with Crippen molar-refractivity contribution < 1.29 is 19.8 Å². The monoisotopic (exact) mass is 271 g/mol. The molecule has 3 atom stereocenters. The molecule has 9 nitrogen and oxygen atoms in total. The maximum absolute atomic E-state index is 11.6. The van der Waals surface area contributed by atoms with Crippen LogP contribution in [0.1, 0.15) is 25.7 Å². The van der Waals surface area contributed by atoms with Crippen LogP contribution < -0.4 is 10.6 Å². The van der Waals surface area contributed by atoms with Gasteiger partial charge in [-0.3, -0.25) is 0 Å². The fourth-order valence-corrected chi connectivity index (χ4v) is 1.52. The lowest BCUT2D eigenvalue weighted by Gasteiger charge is -2.19. The first-order valence-electron chi connectivity index (χ1n) is 5.64. The molecule has 9 heteroatoms. The van der Waals surface area contributed by atoms with Crippen LogP contribution in [0, 0.1) is 0 Å². The normalized spacial score (nSPS) is 15.4. The van der Waals surface area contributed by atoms with Crippen molar-refractivity contribution in [1.82, 2.24) is 25.4 Å². The van der Waals surface area contributed by atoms with E-state index in [-0.39, 0.29) is 0 Å². The lowest BCUT2D eigenvalue weighted by atomic mass is 10.2. The van der Waals surface area contributed by atoms with Crippen molar-refractivity contribution in [2.45, 2.75) is 32.0 Å². The van der Waals surface area contributed by atoms with E-state index in [4.69, 9.17) is 5.11 Å². The Labute approximate surface area is 109 Å². The van der Waals surface area contributed by atoms with E-state index in [0.29, 0.717) is 5.82 Å². The molecule has 0 radical (unpaired) electrons. The number of aliphatic hydroxyl groups excluding tert-OH is 1. The molecule has 1 rings (SSSR count). The zero-order valence-corrected chi connectivity index (χ0v) is 10.9. The van der Waals surface area contributed by atoms with Crippen LogP contribution in [-0.4, -0.2) is 49.1 Å². The van der Waals surface area contributed by atoms with Crippen molar-refractivity contribution >= 4 is 12.0 Å². The summed E-state index contributed by atoms with van der Waals surface area (Å²) in [6.07, 6.45) is 0.287. The third-order valence-corrected chi connectivity index (χ3v) is 2.52. The van der Waals surface area contributed by atoms with Crippen molar-refractivity contribution in [3.8, 4) is 0 Å². The predicted octanol–water partition coefficient (Wildman–Crippen LogP) is -0.991. The third kappa shape index (κ3) is 3.91. The predicted molar refractivity (Wildman–Crippen MR) is 64.2 cm³/mol. The molecule has 0 aliphatic rings. The van der Waals surface area contributed by atoms with Gasteiger partial charge in [-0.05, 0) is 13.8 Å². The molecule has 1 aromatic rings. The molecule has 0 fully saturated rings. The molecule has 1 heterocycles. The molecule has 0 aliphatic carbocycles. The summed E-state index contributed by atoms with van der Waals surface area (Å²) >= 11 is 0. The number of aliphatic hydroxyl groups is 1. The molecule has 19 heavy (non-hydrogen) atoms. The van der Waals surface area contributed by atoms with Gasteiger partial charge in [0.25, 0.3) is 0 Å². The Balaban J connectivity index is 2.60. The minimum Gasteiger partial charge on any atom is -0.480 e. The Kier molecular flexibility index (Phi) is 4.81. The number of aliphatic carboxylic acids is 1. The number of aryl methyl sites for hydroxylation is 1. The Morgan fingerprint density at radius 1 is 1.37 bits per heavy atom. The maximum Gasteiger partial charge on any atom is 0.328 e. The van der Waals surface area contributed by atoms with Crippen molar-refractivity contribution in [3.63, 3.8) is 0 Å². The van der Waals surface area contributed by atoms with Crippen LogP contribution in [0.15, 0.2) is 6.33 Å². The number of hydrogen-bond acceptors (Lipinski definition) is 5. The highest BCUT2D eigenvalue weighted by Crippen LogP contribution is 2.06. The van der Waals surface area contributed by atoms with Crippen molar-refractivity contribution in [3.05, 3.63) is 12.2 Å². The quantitative estimate of drug-likeness (QED) is 0.544. The van der Waals surface area contributed by atoms with Crippen molar-refractivity contribution in [1.29, 1.82) is 0 Å². The topological polar surface area (TPSA) is 129 Å². The molecule has 0 saturated carbocycles.